The summed E-state index contributed by atoms with van der Waals surface area (Å²) >= 11 is 1.33. The number of H-pyrrole nitrogens is 1. The number of carbonyl (C=O) groups excluding carboxylic acids is 1. The van der Waals surface area contributed by atoms with E-state index >= 15 is 0 Å². The Morgan fingerprint density at radius 2 is 1.74 bits per heavy atom. The predicted molar refractivity (Wildman–Crippen MR) is 136 cm³/mol. The number of hydrogen-bond donors (Lipinski definition) is 3. The summed E-state index contributed by atoms with van der Waals surface area (Å²) in [6, 6.07) is 22.4. The van der Waals surface area contributed by atoms with E-state index in [0.717, 1.165) is 27.9 Å². The molecule has 0 aliphatic heterocycles. The van der Waals surface area contributed by atoms with Crippen LogP contribution in [0.5, 0.6) is 0 Å². The van der Waals surface area contributed by atoms with E-state index < -0.39 is 10.0 Å². The van der Waals surface area contributed by atoms with E-state index in [1.165, 1.54) is 29.5 Å². The number of anilines is 2. The van der Waals surface area contributed by atoms with Crippen molar-refractivity contribution in [3.8, 4) is 11.3 Å². The molecule has 0 unspecified atom stereocenters. The molecule has 0 atom stereocenters. The topological polar surface area (TPSA) is 104 Å². The fourth-order valence-electron chi connectivity index (χ4n) is 3.76. The van der Waals surface area contributed by atoms with Crippen LogP contribution in [0.1, 0.15) is 16.1 Å². The van der Waals surface area contributed by atoms with Gasteiger partial charge in [0.15, 0.2) is 5.13 Å². The number of rotatable bonds is 6. The van der Waals surface area contributed by atoms with E-state index in [9.17, 15) is 13.2 Å². The number of amides is 1. The first-order valence-corrected chi connectivity index (χ1v) is 12.8. The van der Waals surface area contributed by atoms with Crippen molar-refractivity contribution in [1.82, 2.24) is 9.97 Å². The van der Waals surface area contributed by atoms with Gasteiger partial charge in [-0.1, -0.05) is 42.5 Å². The summed E-state index contributed by atoms with van der Waals surface area (Å²) in [4.78, 5) is 21.0. The van der Waals surface area contributed by atoms with Gasteiger partial charge in [-0.05, 0) is 43.3 Å². The first-order valence-electron chi connectivity index (χ1n) is 10.4. The molecule has 2 heterocycles. The zero-order valence-electron chi connectivity index (χ0n) is 18.1. The Hall–Kier alpha value is -3.95. The molecule has 0 spiro atoms. The zero-order valence-corrected chi connectivity index (χ0v) is 19.7. The lowest BCUT2D eigenvalue weighted by molar-refractivity contribution is 0.102. The van der Waals surface area contributed by atoms with Crippen LogP contribution in [0.25, 0.3) is 22.2 Å². The van der Waals surface area contributed by atoms with Crippen LogP contribution >= 0.6 is 11.3 Å². The maximum atomic E-state index is 12.8. The Kier molecular flexibility index (Phi) is 5.64. The quantitative estimate of drug-likeness (QED) is 0.287. The number of benzene rings is 3. The minimum atomic E-state index is -3.75. The van der Waals surface area contributed by atoms with Crippen molar-refractivity contribution in [2.45, 2.75) is 11.8 Å². The Morgan fingerprint density at radius 1 is 0.971 bits per heavy atom. The number of carbonyl (C=O) groups is 1. The molecule has 0 radical (unpaired) electrons. The van der Waals surface area contributed by atoms with Gasteiger partial charge in [0, 0.05) is 38.8 Å². The molecule has 5 aromatic rings. The van der Waals surface area contributed by atoms with Crippen LogP contribution in [0.15, 0.2) is 89.1 Å². The van der Waals surface area contributed by atoms with Crippen molar-refractivity contribution in [2.24, 2.45) is 0 Å². The summed E-state index contributed by atoms with van der Waals surface area (Å²) in [7, 11) is -3.75. The van der Waals surface area contributed by atoms with Gasteiger partial charge in [0.1, 0.15) is 0 Å². The van der Waals surface area contributed by atoms with Crippen LogP contribution in [0.3, 0.4) is 0 Å². The molecule has 3 aromatic carbocycles. The highest BCUT2D eigenvalue weighted by atomic mass is 32.2. The molecule has 0 aliphatic carbocycles. The molecule has 9 heteroatoms. The SMILES string of the molecule is Cc1[nH]c2ccccc2c1-c1csc(NC(=O)c2cccc(NS(=O)(=O)c3ccccc3)c2)n1. The molecule has 2 aromatic heterocycles. The molecule has 34 heavy (non-hydrogen) atoms. The molecule has 0 fully saturated rings. The number of aromatic nitrogens is 2. The smallest absolute Gasteiger partial charge is 0.261 e. The van der Waals surface area contributed by atoms with Crippen molar-refractivity contribution in [1.29, 1.82) is 0 Å². The molecule has 3 N–H and O–H groups in total. The van der Waals surface area contributed by atoms with Crippen molar-refractivity contribution in [2.75, 3.05) is 10.0 Å². The van der Waals surface area contributed by atoms with Crippen molar-refractivity contribution < 1.29 is 13.2 Å². The minimum absolute atomic E-state index is 0.146. The van der Waals surface area contributed by atoms with Crippen LogP contribution in [0, 0.1) is 6.92 Å². The van der Waals surface area contributed by atoms with E-state index in [1.54, 1.807) is 36.4 Å². The average Bonchev–Trinajstić information content (AvgIpc) is 3.42. The number of fused-ring (bicyclic) bond motifs is 1. The van der Waals surface area contributed by atoms with Crippen molar-refractivity contribution in [3.63, 3.8) is 0 Å². The molecule has 170 valence electrons. The van der Waals surface area contributed by atoms with Gasteiger partial charge in [-0.3, -0.25) is 14.8 Å². The molecule has 7 nitrogen and oxygen atoms in total. The number of aromatic amines is 1. The number of nitrogens with zero attached hydrogens (tertiary/aromatic N) is 1. The summed E-state index contributed by atoms with van der Waals surface area (Å²) in [6.07, 6.45) is 0. The normalized spacial score (nSPS) is 11.4. The first kappa shape index (κ1) is 21.9. The summed E-state index contributed by atoms with van der Waals surface area (Å²) in [6.45, 7) is 1.99. The zero-order chi connectivity index (χ0) is 23.7. The Balaban J connectivity index is 1.35. The van der Waals surface area contributed by atoms with Crippen molar-refractivity contribution in [3.05, 3.63) is 95.5 Å². The number of aryl methyl sites for hydroxylation is 1. The van der Waals surface area contributed by atoms with Gasteiger partial charge in [-0.25, -0.2) is 13.4 Å². The molecular formula is C25H20N4O3S2. The van der Waals surface area contributed by atoms with Crippen LogP contribution in [-0.2, 0) is 10.0 Å². The fraction of sp³-hybridized carbons (Fsp3) is 0.0400. The van der Waals surface area contributed by atoms with E-state index in [0.29, 0.717) is 16.4 Å². The number of sulfonamides is 1. The lowest BCUT2D eigenvalue weighted by atomic mass is 10.1. The Morgan fingerprint density at radius 3 is 2.56 bits per heavy atom. The lowest BCUT2D eigenvalue weighted by Gasteiger charge is -2.09. The summed E-state index contributed by atoms with van der Waals surface area (Å²) in [5.41, 5.74) is 4.43. The van der Waals surface area contributed by atoms with Crippen LogP contribution in [-0.4, -0.2) is 24.3 Å². The van der Waals surface area contributed by atoms with Crippen LogP contribution < -0.4 is 10.0 Å². The number of para-hydroxylation sites is 1. The predicted octanol–water partition coefficient (Wildman–Crippen LogP) is 5.65. The molecule has 1 amide bonds. The van der Waals surface area contributed by atoms with Gasteiger partial charge in [0.25, 0.3) is 15.9 Å². The van der Waals surface area contributed by atoms with Crippen LogP contribution in [0.4, 0.5) is 10.8 Å². The number of thiazole rings is 1. The Labute approximate surface area is 200 Å². The van der Waals surface area contributed by atoms with Gasteiger partial charge >= 0.3 is 0 Å². The highest BCUT2D eigenvalue weighted by molar-refractivity contribution is 7.92. The highest BCUT2D eigenvalue weighted by Gasteiger charge is 2.17. The standard InChI is InChI=1S/C25H20N4O3S2/c1-16-23(20-12-5-6-13-21(20)26-16)22-15-33-25(27-22)28-24(30)17-8-7-9-18(14-17)29-34(31,32)19-10-3-2-4-11-19/h2-15,26,29H,1H3,(H,27,28,30). The van der Waals surface area contributed by atoms with E-state index in [2.05, 4.69) is 20.0 Å². The fourth-order valence-corrected chi connectivity index (χ4v) is 5.53. The summed E-state index contributed by atoms with van der Waals surface area (Å²) in [5, 5.41) is 6.25. The molecule has 0 saturated carbocycles. The van der Waals surface area contributed by atoms with Crippen molar-refractivity contribution >= 4 is 49.0 Å². The van der Waals surface area contributed by atoms with Gasteiger partial charge in [-0.2, -0.15) is 0 Å². The number of nitrogens with one attached hydrogen (secondary N) is 3. The monoisotopic (exact) mass is 488 g/mol. The third-order valence-electron chi connectivity index (χ3n) is 5.30. The summed E-state index contributed by atoms with van der Waals surface area (Å²) in [5.74, 6) is -0.377. The van der Waals surface area contributed by atoms with Gasteiger partial charge in [0.2, 0.25) is 0 Å². The third kappa shape index (κ3) is 4.30. The molecular weight excluding hydrogens is 468 g/mol. The largest absolute Gasteiger partial charge is 0.358 e. The second kappa shape index (κ2) is 8.77. The average molecular weight is 489 g/mol. The number of hydrogen-bond acceptors (Lipinski definition) is 5. The lowest BCUT2D eigenvalue weighted by Crippen LogP contribution is -2.15. The van der Waals surface area contributed by atoms with Gasteiger partial charge < -0.3 is 4.98 Å². The second-order valence-electron chi connectivity index (χ2n) is 7.66. The van der Waals surface area contributed by atoms with E-state index in [4.69, 9.17) is 0 Å². The van der Waals surface area contributed by atoms with Crippen LogP contribution in [0.2, 0.25) is 0 Å². The molecule has 0 aliphatic rings. The third-order valence-corrected chi connectivity index (χ3v) is 7.46. The van der Waals surface area contributed by atoms with E-state index in [-0.39, 0.29) is 10.8 Å². The first-order chi connectivity index (χ1) is 16.4. The molecule has 5 rings (SSSR count). The second-order valence-corrected chi connectivity index (χ2v) is 10.2. The maximum Gasteiger partial charge on any atom is 0.261 e. The maximum absolute atomic E-state index is 12.8. The molecule has 0 bridgehead atoms. The van der Waals surface area contributed by atoms with Gasteiger partial charge in [-0.15, -0.1) is 11.3 Å². The Bertz CT molecular complexity index is 1610. The molecule has 0 saturated heterocycles. The van der Waals surface area contributed by atoms with E-state index in [1.807, 2.05) is 36.6 Å². The highest BCUT2D eigenvalue weighted by Crippen LogP contribution is 2.34. The minimum Gasteiger partial charge on any atom is -0.358 e. The summed E-state index contributed by atoms with van der Waals surface area (Å²) < 4.78 is 27.7. The van der Waals surface area contributed by atoms with Gasteiger partial charge in [0.05, 0.1) is 10.6 Å².